The van der Waals surface area contributed by atoms with Crippen molar-refractivity contribution in [3.8, 4) is 5.69 Å². The molecule has 8 nitrogen and oxygen atoms in total. The van der Waals surface area contributed by atoms with E-state index in [1.807, 2.05) is 55.5 Å². The van der Waals surface area contributed by atoms with E-state index in [0.717, 1.165) is 11.1 Å². The Kier molecular flexibility index (Phi) is 5.77. The summed E-state index contributed by atoms with van der Waals surface area (Å²) in [6, 6.07) is 15.9. The van der Waals surface area contributed by atoms with Gasteiger partial charge in [-0.25, -0.2) is 19.1 Å². The molecule has 164 valence electrons. The van der Waals surface area contributed by atoms with Gasteiger partial charge in [0, 0.05) is 0 Å². The number of aryl methyl sites for hydroxylation is 1. The topological polar surface area (TPSA) is 88.1 Å². The van der Waals surface area contributed by atoms with E-state index >= 15 is 0 Å². The summed E-state index contributed by atoms with van der Waals surface area (Å²) in [5, 5.41) is 0. The average molecular weight is 432 g/mol. The van der Waals surface area contributed by atoms with Crippen LogP contribution in [0.2, 0.25) is 0 Å². The number of aromatic nitrogens is 4. The molecule has 0 fully saturated rings. The van der Waals surface area contributed by atoms with E-state index in [1.54, 1.807) is 19.9 Å². The van der Waals surface area contributed by atoms with Crippen molar-refractivity contribution in [1.29, 1.82) is 0 Å². The molecule has 0 saturated heterocycles. The van der Waals surface area contributed by atoms with Crippen molar-refractivity contribution in [3.05, 3.63) is 92.9 Å². The quantitative estimate of drug-likeness (QED) is 0.437. The van der Waals surface area contributed by atoms with Crippen LogP contribution >= 0.6 is 0 Å². The number of nitrogens with zero attached hydrogens (tertiary/aromatic N) is 4. The summed E-state index contributed by atoms with van der Waals surface area (Å²) < 4.78 is 9.23. The van der Waals surface area contributed by atoms with E-state index in [4.69, 9.17) is 4.74 Å². The Morgan fingerprint density at radius 1 is 1.06 bits per heavy atom. The maximum absolute atomic E-state index is 13.6. The Bertz CT molecular complexity index is 1400. The minimum atomic E-state index is -0.777. The van der Waals surface area contributed by atoms with E-state index < -0.39 is 23.3 Å². The number of hydrogen-bond acceptors (Lipinski definition) is 5. The third-order valence-electron chi connectivity index (χ3n) is 5.44. The van der Waals surface area contributed by atoms with Crippen molar-refractivity contribution >= 4 is 17.1 Å². The fourth-order valence-corrected chi connectivity index (χ4v) is 3.75. The summed E-state index contributed by atoms with van der Waals surface area (Å²) >= 11 is 0. The first-order valence-electron chi connectivity index (χ1n) is 10.4. The van der Waals surface area contributed by atoms with Gasteiger partial charge in [-0.2, -0.15) is 0 Å². The zero-order valence-corrected chi connectivity index (χ0v) is 18.2. The average Bonchev–Trinajstić information content (AvgIpc) is 3.23. The molecule has 0 unspecified atom stereocenters. The Labute approximate surface area is 184 Å². The molecule has 0 bridgehead atoms. The van der Waals surface area contributed by atoms with Gasteiger partial charge in [-0.1, -0.05) is 48.5 Å². The fourth-order valence-electron chi connectivity index (χ4n) is 3.75. The molecule has 2 heterocycles. The molecule has 0 aliphatic carbocycles. The van der Waals surface area contributed by atoms with E-state index in [0.29, 0.717) is 5.69 Å². The molecule has 8 heteroatoms. The molecule has 0 radical (unpaired) electrons. The lowest BCUT2D eigenvalue weighted by molar-refractivity contribution is -0.146. The van der Waals surface area contributed by atoms with Crippen LogP contribution in [-0.4, -0.2) is 31.3 Å². The Hall–Kier alpha value is -3.94. The molecule has 0 spiro atoms. The van der Waals surface area contributed by atoms with Crippen molar-refractivity contribution in [3.63, 3.8) is 0 Å². The van der Waals surface area contributed by atoms with Gasteiger partial charge in [0.05, 0.1) is 25.2 Å². The van der Waals surface area contributed by atoms with Crippen LogP contribution in [0.4, 0.5) is 0 Å². The molecule has 0 amide bonds. The molecule has 2 aromatic heterocycles. The van der Waals surface area contributed by atoms with E-state index in [-0.39, 0.29) is 24.3 Å². The highest BCUT2D eigenvalue weighted by molar-refractivity contribution is 5.79. The molecule has 0 saturated carbocycles. The van der Waals surface area contributed by atoms with Crippen LogP contribution in [-0.2, 0) is 16.1 Å². The Morgan fingerprint density at radius 3 is 2.44 bits per heavy atom. The van der Waals surface area contributed by atoms with Crippen LogP contribution in [0, 0.1) is 6.92 Å². The predicted octanol–water partition coefficient (Wildman–Crippen LogP) is 2.83. The van der Waals surface area contributed by atoms with Crippen molar-refractivity contribution < 1.29 is 9.53 Å². The number of rotatable bonds is 6. The lowest BCUT2D eigenvalue weighted by Gasteiger charge is -2.16. The van der Waals surface area contributed by atoms with Crippen molar-refractivity contribution in [2.45, 2.75) is 33.4 Å². The van der Waals surface area contributed by atoms with Gasteiger partial charge in [-0.3, -0.25) is 9.36 Å². The Balaban J connectivity index is 2.04. The van der Waals surface area contributed by atoms with Crippen molar-refractivity contribution in [2.75, 3.05) is 6.61 Å². The maximum Gasteiger partial charge on any atom is 0.337 e. The van der Waals surface area contributed by atoms with E-state index in [1.165, 1.54) is 20.0 Å². The highest BCUT2D eigenvalue weighted by atomic mass is 16.5. The van der Waals surface area contributed by atoms with Crippen LogP contribution in [0.15, 0.2) is 70.5 Å². The van der Waals surface area contributed by atoms with Crippen LogP contribution < -0.4 is 11.2 Å². The smallest absolute Gasteiger partial charge is 0.337 e. The summed E-state index contributed by atoms with van der Waals surface area (Å²) in [5.74, 6) is -0.477. The molecule has 0 N–H and O–H groups in total. The van der Waals surface area contributed by atoms with Gasteiger partial charge in [0.25, 0.3) is 5.56 Å². The number of ether oxygens (including phenoxy) is 1. The lowest BCUT2D eigenvalue weighted by Crippen LogP contribution is -2.40. The third kappa shape index (κ3) is 3.64. The number of esters is 1. The monoisotopic (exact) mass is 432 g/mol. The van der Waals surface area contributed by atoms with Crippen LogP contribution in [0.3, 0.4) is 0 Å². The minimum absolute atomic E-state index is 0.0965. The van der Waals surface area contributed by atoms with Crippen LogP contribution in [0.1, 0.15) is 31.0 Å². The van der Waals surface area contributed by atoms with Crippen LogP contribution in [0.5, 0.6) is 0 Å². The number of carbonyl (C=O) groups excluding carboxylic acids is 1. The Morgan fingerprint density at radius 2 is 1.75 bits per heavy atom. The van der Waals surface area contributed by atoms with Gasteiger partial charge in [-0.15, -0.1) is 0 Å². The van der Waals surface area contributed by atoms with E-state index in [9.17, 15) is 14.4 Å². The third-order valence-corrected chi connectivity index (χ3v) is 5.44. The first-order chi connectivity index (χ1) is 15.4. The van der Waals surface area contributed by atoms with Gasteiger partial charge in [0.15, 0.2) is 11.2 Å². The van der Waals surface area contributed by atoms with Crippen molar-refractivity contribution in [1.82, 2.24) is 18.7 Å². The number of carbonyl (C=O) groups is 1. The molecule has 0 aliphatic rings. The summed E-state index contributed by atoms with van der Waals surface area (Å²) in [7, 11) is 0. The van der Waals surface area contributed by atoms with Gasteiger partial charge in [0.2, 0.25) is 0 Å². The molecular weight excluding hydrogens is 408 g/mol. The fraction of sp³-hybridized carbons (Fsp3) is 0.250. The second kappa shape index (κ2) is 8.66. The molecule has 1 atom stereocenters. The van der Waals surface area contributed by atoms with Gasteiger partial charge >= 0.3 is 11.7 Å². The molecule has 0 aliphatic heterocycles. The normalized spacial score (nSPS) is 12.1. The van der Waals surface area contributed by atoms with Gasteiger partial charge in [0.1, 0.15) is 6.04 Å². The molecule has 32 heavy (non-hydrogen) atoms. The zero-order valence-electron chi connectivity index (χ0n) is 18.2. The van der Waals surface area contributed by atoms with Gasteiger partial charge < -0.3 is 9.30 Å². The largest absolute Gasteiger partial charge is 0.464 e. The predicted molar refractivity (Wildman–Crippen MR) is 121 cm³/mol. The SMILES string of the molecule is CCOC(=O)[C@H](C)n1cnc2c1c(=O)n(Cc1ccccc1)c(=O)n2-c1ccccc1C. The second-order valence-electron chi connectivity index (χ2n) is 7.53. The lowest BCUT2D eigenvalue weighted by atomic mass is 10.2. The number of fused-ring (bicyclic) bond motifs is 1. The molecule has 4 rings (SSSR count). The highest BCUT2D eigenvalue weighted by Crippen LogP contribution is 2.20. The highest BCUT2D eigenvalue weighted by Gasteiger charge is 2.25. The number of imidazole rings is 1. The number of hydrogen-bond donors (Lipinski definition) is 0. The number of benzene rings is 2. The summed E-state index contributed by atoms with van der Waals surface area (Å²) in [6.07, 6.45) is 1.41. The van der Waals surface area contributed by atoms with Gasteiger partial charge in [-0.05, 0) is 38.0 Å². The first kappa shape index (κ1) is 21.3. The summed E-state index contributed by atoms with van der Waals surface area (Å²) in [5.41, 5.74) is 1.67. The molecule has 4 aromatic rings. The number of para-hydroxylation sites is 1. The standard InChI is InChI=1S/C24H24N4O4/c1-4-32-23(30)17(3)27-15-25-21-20(27)22(29)26(14-18-11-6-5-7-12-18)24(31)28(21)19-13-9-8-10-16(19)2/h5-13,15,17H,4,14H2,1-3H3/t17-/m0/s1. The maximum atomic E-state index is 13.6. The summed E-state index contributed by atoms with van der Waals surface area (Å²) in [4.78, 5) is 43.9. The first-order valence-corrected chi connectivity index (χ1v) is 10.4. The zero-order chi connectivity index (χ0) is 22.8. The van der Waals surface area contributed by atoms with Crippen LogP contribution in [0.25, 0.3) is 16.9 Å². The summed E-state index contributed by atoms with van der Waals surface area (Å²) in [6.45, 7) is 5.57. The molecule has 2 aromatic carbocycles. The molecular formula is C24H24N4O4. The minimum Gasteiger partial charge on any atom is -0.464 e. The van der Waals surface area contributed by atoms with E-state index in [2.05, 4.69) is 4.98 Å². The van der Waals surface area contributed by atoms with Crippen molar-refractivity contribution in [2.24, 2.45) is 0 Å². The second-order valence-corrected chi connectivity index (χ2v) is 7.53.